The normalized spacial score (nSPS) is 11.4. The second-order valence-corrected chi connectivity index (χ2v) is 9.75. The topological polar surface area (TPSA) is 76.4 Å². The van der Waals surface area contributed by atoms with Crippen molar-refractivity contribution >= 4 is 15.7 Å². The SMILES string of the molecule is O=C(NCCC(c1ccccc1)c1ccccc1)c1ccc(CS(=O)(=O)c2ccccc2)o1. The minimum Gasteiger partial charge on any atom is -0.455 e. The molecule has 3 aromatic carbocycles. The Kier molecular flexibility index (Phi) is 7.05. The van der Waals surface area contributed by atoms with Gasteiger partial charge in [0.15, 0.2) is 15.6 Å². The molecule has 168 valence electrons. The number of nitrogens with one attached hydrogen (secondary N) is 1. The van der Waals surface area contributed by atoms with Crippen LogP contribution in [0.3, 0.4) is 0 Å². The van der Waals surface area contributed by atoms with Crippen molar-refractivity contribution in [3.63, 3.8) is 0 Å². The molecule has 0 fully saturated rings. The van der Waals surface area contributed by atoms with E-state index in [0.717, 1.165) is 6.42 Å². The summed E-state index contributed by atoms with van der Waals surface area (Å²) in [7, 11) is -3.54. The smallest absolute Gasteiger partial charge is 0.286 e. The number of carbonyl (C=O) groups is 1. The molecule has 33 heavy (non-hydrogen) atoms. The second-order valence-electron chi connectivity index (χ2n) is 7.76. The van der Waals surface area contributed by atoms with Crippen LogP contribution in [-0.2, 0) is 15.6 Å². The number of rotatable bonds is 9. The van der Waals surface area contributed by atoms with Gasteiger partial charge in [0.25, 0.3) is 5.91 Å². The van der Waals surface area contributed by atoms with Crippen LogP contribution in [-0.4, -0.2) is 20.9 Å². The predicted molar refractivity (Wildman–Crippen MR) is 128 cm³/mol. The predicted octanol–water partition coefficient (Wildman–Crippen LogP) is 5.21. The summed E-state index contributed by atoms with van der Waals surface area (Å²) >= 11 is 0. The van der Waals surface area contributed by atoms with Gasteiger partial charge in [0, 0.05) is 12.5 Å². The molecule has 1 heterocycles. The highest BCUT2D eigenvalue weighted by Gasteiger charge is 2.20. The quantitative estimate of drug-likeness (QED) is 0.373. The van der Waals surface area contributed by atoms with E-state index in [1.807, 2.05) is 36.4 Å². The fourth-order valence-electron chi connectivity index (χ4n) is 3.79. The van der Waals surface area contributed by atoms with Crippen LogP contribution in [0.25, 0.3) is 0 Å². The zero-order valence-corrected chi connectivity index (χ0v) is 18.9. The van der Waals surface area contributed by atoms with Crippen molar-refractivity contribution in [2.75, 3.05) is 6.54 Å². The third kappa shape index (κ3) is 5.79. The number of furan rings is 1. The summed E-state index contributed by atoms with van der Waals surface area (Å²) in [5, 5.41) is 2.89. The molecule has 0 radical (unpaired) electrons. The average molecular weight is 460 g/mol. The molecule has 4 aromatic rings. The van der Waals surface area contributed by atoms with E-state index in [9.17, 15) is 13.2 Å². The zero-order chi connectivity index (χ0) is 23.1. The van der Waals surface area contributed by atoms with Crippen LogP contribution in [0.2, 0.25) is 0 Å². The Balaban J connectivity index is 1.38. The van der Waals surface area contributed by atoms with Gasteiger partial charge in [-0.1, -0.05) is 78.9 Å². The molecule has 0 bridgehead atoms. The molecule has 0 aliphatic rings. The number of benzene rings is 3. The lowest BCUT2D eigenvalue weighted by molar-refractivity contribution is 0.0923. The highest BCUT2D eigenvalue weighted by atomic mass is 32.2. The van der Waals surface area contributed by atoms with Gasteiger partial charge in [0.05, 0.1) is 4.90 Å². The number of sulfone groups is 1. The van der Waals surface area contributed by atoms with Crippen molar-refractivity contribution in [3.05, 3.63) is 126 Å². The third-order valence-electron chi connectivity index (χ3n) is 5.44. The van der Waals surface area contributed by atoms with Crippen molar-refractivity contribution in [2.45, 2.75) is 23.0 Å². The number of hydrogen-bond donors (Lipinski definition) is 1. The molecule has 0 aliphatic carbocycles. The molecule has 4 rings (SSSR count). The second kappa shape index (κ2) is 10.3. The first kappa shape index (κ1) is 22.6. The van der Waals surface area contributed by atoms with Crippen molar-refractivity contribution in [3.8, 4) is 0 Å². The third-order valence-corrected chi connectivity index (χ3v) is 7.10. The van der Waals surface area contributed by atoms with Crippen LogP contribution in [0.15, 0.2) is 112 Å². The van der Waals surface area contributed by atoms with E-state index in [1.54, 1.807) is 30.3 Å². The fourth-order valence-corrected chi connectivity index (χ4v) is 5.06. The fraction of sp³-hybridized carbons (Fsp3) is 0.148. The summed E-state index contributed by atoms with van der Waals surface area (Å²) in [5.41, 5.74) is 2.37. The molecule has 0 saturated carbocycles. The zero-order valence-electron chi connectivity index (χ0n) is 18.1. The van der Waals surface area contributed by atoms with E-state index in [1.165, 1.54) is 23.3 Å². The van der Waals surface area contributed by atoms with Crippen molar-refractivity contribution in [2.24, 2.45) is 0 Å². The summed E-state index contributed by atoms with van der Waals surface area (Å²) in [4.78, 5) is 12.8. The Labute approximate surface area is 194 Å². The van der Waals surface area contributed by atoms with Crippen LogP contribution >= 0.6 is 0 Å². The molecule has 1 aromatic heterocycles. The highest BCUT2D eigenvalue weighted by molar-refractivity contribution is 7.90. The lowest BCUT2D eigenvalue weighted by Gasteiger charge is -2.18. The van der Waals surface area contributed by atoms with Crippen LogP contribution in [0.4, 0.5) is 0 Å². The first-order chi connectivity index (χ1) is 16.0. The molecule has 0 atom stereocenters. The van der Waals surface area contributed by atoms with Gasteiger partial charge in [-0.05, 0) is 41.8 Å². The minimum absolute atomic E-state index is 0.101. The molecule has 0 spiro atoms. The summed E-state index contributed by atoms with van der Waals surface area (Å²) in [5.74, 6) is -0.178. The van der Waals surface area contributed by atoms with E-state index in [4.69, 9.17) is 4.42 Å². The Morgan fingerprint density at radius 3 is 1.88 bits per heavy atom. The van der Waals surface area contributed by atoms with Gasteiger partial charge in [0.2, 0.25) is 0 Å². The van der Waals surface area contributed by atoms with Gasteiger partial charge in [-0.25, -0.2) is 8.42 Å². The van der Waals surface area contributed by atoms with E-state index >= 15 is 0 Å². The molecule has 1 amide bonds. The van der Waals surface area contributed by atoms with Gasteiger partial charge in [-0.3, -0.25) is 4.79 Å². The minimum atomic E-state index is -3.54. The molecular formula is C27H25NO4S. The number of amides is 1. The largest absolute Gasteiger partial charge is 0.455 e. The van der Waals surface area contributed by atoms with Crippen LogP contribution in [0, 0.1) is 0 Å². The Hall–Kier alpha value is -3.64. The first-order valence-corrected chi connectivity index (χ1v) is 12.4. The maximum atomic E-state index is 12.6. The summed E-state index contributed by atoms with van der Waals surface area (Å²) in [6, 6.07) is 31.6. The number of carbonyl (C=O) groups excluding carboxylic acids is 1. The molecule has 5 nitrogen and oxygen atoms in total. The Morgan fingerprint density at radius 1 is 0.758 bits per heavy atom. The number of hydrogen-bond acceptors (Lipinski definition) is 4. The summed E-state index contributed by atoms with van der Waals surface area (Å²) in [6.07, 6.45) is 0.718. The molecule has 0 aliphatic heterocycles. The van der Waals surface area contributed by atoms with E-state index in [0.29, 0.717) is 6.54 Å². The van der Waals surface area contributed by atoms with Gasteiger partial charge >= 0.3 is 0 Å². The summed E-state index contributed by atoms with van der Waals surface area (Å²) in [6.45, 7) is 0.450. The van der Waals surface area contributed by atoms with E-state index in [-0.39, 0.29) is 34.0 Å². The first-order valence-electron chi connectivity index (χ1n) is 10.8. The Morgan fingerprint density at radius 2 is 1.30 bits per heavy atom. The van der Waals surface area contributed by atoms with E-state index in [2.05, 4.69) is 29.6 Å². The van der Waals surface area contributed by atoms with Gasteiger partial charge in [-0.2, -0.15) is 0 Å². The standard InChI is InChI=1S/C27H25NO4S/c29-27(26-17-16-23(32-26)20-33(30,31)24-14-8-3-9-15-24)28-19-18-25(21-10-4-1-5-11-21)22-12-6-2-7-13-22/h1-17,25H,18-20H2,(H,28,29). The van der Waals surface area contributed by atoms with Crippen LogP contribution < -0.4 is 5.32 Å². The van der Waals surface area contributed by atoms with Crippen molar-refractivity contribution in [1.82, 2.24) is 5.32 Å². The van der Waals surface area contributed by atoms with Gasteiger partial charge in [0.1, 0.15) is 11.5 Å². The highest BCUT2D eigenvalue weighted by Crippen LogP contribution is 2.27. The Bertz CT molecular complexity index is 1240. The summed E-state index contributed by atoms with van der Waals surface area (Å²) < 4.78 is 30.6. The van der Waals surface area contributed by atoms with E-state index < -0.39 is 9.84 Å². The molecule has 1 N–H and O–H groups in total. The molecule has 6 heteroatoms. The van der Waals surface area contributed by atoms with Crippen LogP contribution in [0.1, 0.15) is 39.8 Å². The lowest BCUT2D eigenvalue weighted by Crippen LogP contribution is -2.25. The van der Waals surface area contributed by atoms with Gasteiger partial charge < -0.3 is 9.73 Å². The maximum Gasteiger partial charge on any atom is 0.286 e. The molecule has 0 unspecified atom stereocenters. The molecular weight excluding hydrogens is 434 g/mol. The lowest BCUT2D eigenvalue weighted by atomic mass is 9.88. The van der Waals surface area contributed by atoms with Crippen LogP contribution in [0.5, 0.6) is 0 Å². The molecule has 0 saturated heterocycles. The average Bonchev–Trinajstić information content (AvgIpc) is 3.31. The van der Waals surface area contributed by atoms with Crippen molar-refractivity contribution in [1.29, 1.82) is 0 Å². The monoisotopic (exact) mass is 459 g/mol. The van der Waals surface area contributed by atoms with Gasteiger partial charge in [-0.15, -0.1) is 0 Å². The maximum absolute atomic E-state index is 12.6. The van der Waals surface area contributed by atoms with Crippen molar-refractivity contribution < 1.29 is 17.6 Å².